The molecule has 0 aliphatic carbocycles. The fourth-order valence-corrected chi connectivity index (χ4v) is 5.59. The third-order valence-corrected chi connectivity index (χ3v) is 7.90. The van der Waals surface area contributed by atoms with Crippen molar-refractivity contribution in [1.29, 1.82) is 0 Å². The summed E-state index contributed by atoms with van der Waals surface area (Å²) >= 11 is 0. The van der Waals surface area contributed by atoms with Crippen molar-refractivity contribution in [1.82, 2.24) is 14.5 Å². The number of anilines is 1. The number of ether oxygens (including phenoxy) is 1. The topological polar surface area (TPSA) is 50.6 Å². The molecular weight excluding hydrogens is 424 g/mol. The van der Waals surface area contributed by atoms with Crippen molar-refractivity contribution in [2.24, 2.45) is 7.05 Å². The molecule has 1 spiro atoms. The van der Waals surface area contributed by atoms with E-state index < -0.39 is 0 Å². The molecule has 3 aliphatic heterocycles. The lowest BCUT2D eigenvalue weighted by Crippen LogP contribution is -2.49. The van der Waals surface area contributed by atoms with Gasteiger partial charge in [0.15, 0.2) is 0 Å². The van der Waals surface area contributed by atoms with Gasteiger partial charge in [-0.25, -0.2) is 4.98 Å². The fraction of sp³-hybridized carbons (Fsp3) is 0.429. The highest BCUT2D eigenvalue weighted by molar-refractivity contribution is 5.98. The monoisotopic (exact) mass is 456 g/mol. The van der Waals surface area contributed by atoms with E-state index in [4.69, 9.17) is 9.72 Å². The van der Waals surface area contributed by atoms with Gasteiger partial charge in [0.2, 0.25) is 5.95 Å². The van der Waals surface area contributed by atoms with Crippen LogP contribution in [0.3, 0.4) is 0 Å². The van der Waals surface area contributed by atoms with Crippen LogP contribution in [0.5, 0.6) is 5.75 Å². The molecule has 2 fully saturated rings. The van der Waals surface area contributed by atoms with E-state index in [1.165, 1.54) is 24.0 Å². The Morgan fingerprint density at radius 2 is 1.74 bits per heavy atom. The Kier molecular flexibility index (Phi) is 4.94. The Morgan fingerprint density at radius 3 is 2.50 bits per heavy atom. The van der Waals surface area contributed by atoms with Crippen LogP contribution in [-0.4, -0.2) is 52.1 Å². The van der Waals surface area contributed by atoms with Gasteiger partial charge < -0.3 is 19.1 Å². The Morgan fingerprint density at radius 1 is 1.00 bits per heavy atom. The van der Waals surface area contributed by atoms with Crippen molar-refractivity contribution in [2.75, 3.05) is 31.1 Å². The van der Waals surface area contributed by atoms with Crippen LogP contribution < -0.4 is 9.64 Å². The van der Waals surface area contributed by atoms with Gasteiger partial charge in [-0.3, -0.25) is 4.79 Å². The summed E-state index contributed by atoms with van der Waals surface area (Å²) < 4.78 is 8.66. The average Bonchev–Trinajstić information content (AvgIpc) is 3.48. The van der Waals surface area contributed by atoms with Crippen LogP contribution in [0.15, 0.2) is 36.4 Å². The highest BCUT2D eigenvalue weighted by Crippen LogP contribution is 2.38. The molecule has 0 saturated carbocycles. The minimum absolute atomic E-state index is 0.0804. The number of hydrogen-bond donors (Lipinski definition) is 0. The van der Waals surface area contributed by atoms with Gasteiger partial charge in [0.1, 0.15) is 11.4 Å². The standard InChI is InChI=1S/C28H32N4O2/c1-19-16-21-8-9-28(34-25(21)17-20(19)2)10-14-31(15-11-28)26(33)22-6-7-24-23(18-22)29-27(30(24)3)32-12-4-5-13-32/h6-9,16-18H,4-5,10-15H2,1-3H3. The van der Waals surface area contributed by atoms with Gasteiger partial charge in [0.25, 0.3) is 5.91 Å². The molecule has 0 N–H and O–H groups in total. The molecule has 3 aliphatic rings. The summed E-state index contributed by atoms with van der Waals surface area (Å²) in [6.07, 6.45) is 8.42. The number of benzene rings is 2. The Bertz CT molecular complexity index is 1310. The number of aryl methyl sites for hydroxylation is 3. The molecule has 0 atom stereocenters. The van der Waals surface area contributed by atoms with Crippen LogP contribution in [0.25, 0.3) is 17.1 Å². The number of likely N-dealkylation sites (tertiary alicyclic amines) is 1. The van der Waals surface area contributed by atoms with E-state index >= 15 is 0 Å². The van der Waals surface area contributed by atoms with E-state index in [0.29, 0.717) is 18.7 Å². The first-order valence-corrected chi connectivity index (χ1v) is 12.4. The van der Waals surface area contributed by atoms with Crippen molar-refractivity contribution in [3.63, 3.8) is 0 Å². The third-order valence-electron chi connectivity index (χ3n) is 7.90. The van der Waals surface area contributed by atoms with Gasteiger partial charge in [-0.05, 0) is 74.2 Å². The van der Waals surface area contributed by atoms with E-state index in [2.05, 4.69) is 54.6 Å². The van der Waals surface area contributed by atoms with Gasteiger partial charge in [-0.15, -0.1) is 0 Å². The van der Waals surface area contributed by atoms with Crippen molar-refractivity contribution < 1.29 is 9.53 Å². The van der Waals surface area contributed by atoms with Crippen LogP contribution >= 0.6 is 0 Å². The van der Waals surface area contributed by atoms with Gasteiger partial charge in [0, 0.05) is 57.2 Å². The van der Waals surface area contributed by atoms with Gasteiger partial charge in [-0.1, -0.05) is 6.08 Å². The van der Waals surface area contributed by atoms with Crippen LogP contribution in [0.2, 0.25) is 0 Å². The molecule has 0 radical (unpaired) electrons. The zero-order valence-electron chi connectivity index (χ0n) is 20.3. The molecule has 3 aromatic rings. The lowest BCUT2D eigenvalue weighted by atomic mass is 9.87. The van der Waals surface area contributed by atoms with E-state index in [1.807, 2.05) is 23.1 Å². The van der Waals surface area contributed by atoms with E-state index in [0.717, 1.165) is 54.2 Å². The van der Waals surface area contributed by atoms with Crippen LogP contribution in [0, 0.1) is 13.8 Å². The molecule has 2 aromatic carbocycles. The highest BCUT2D eigenvalue weighted by Gasteiger charge is 2.38. The summed E-state index contributed by atoms with van der Waals surface area (Å²) in [7, 11) is 2.06. The van der Waals surface area contributed by atoms with Gasteiger partial charge >= 0.3 is 0 Å². The van der Waals surface area contributed by atoms with E-state index in [-0.39, 0.29) is 11.5 Å². The van der Waals surface area contributed by atoms with Crippen molar-refractivity contribution in [2.45, 2.75) is 45.1 Å². The van der Waals surface area contributed by atoms with Gasteiger partial charge in [0.05, 0.1) is 11.0 Å². The second-order valence-corrected chi connectivity index (χ2v) is 10.1. The van der Waals surface area contributed by atoms with Crippen LogP contribution in [-0.2, 0) is 7.05 Å². The lowest BCUT2D eigenvalue weighted by molar-refractivity contribution is 0.0329. The molecule has 2 saturated heterocycles. The first-order chi connectivity index (χ1) is 16.4. The largest absolute Gasteiger partial charge is 0.482 e. The average molecular weight is 457 g/mol. The summed E-state index contributed by atoms with van der Waals surface area (Å²) in [5, 5.41) is 0. The number of nitrogens with zero attached hydrogens (tertiary/aromatic N) is 4. The first kappa shape index (κ1) is 21.3. The molecule has 6 heteroatoms. The summed E-state index contributed by atoms with van der Waals surface area (Å²) in [5.74, 6) is 2.04. The lowest BCUT2D eigenvalue weighted by Gasteiger charge is -2.42. The molecular formula is C28H32N4O2. The number of piperidine rings is 1. The molecule has 0 bridgehead atoms. The minimum atomic E-state index is -0.318. The summed E-state index contributed by atoms with van der Waals surface area (Å²) in [5.41, 5.74) is 6.03. The molecule has 1 amide bonds. The molecule has 34 heavy (non-hydrogen) atoms. The number of fused-ring (bicyclic) bond motifs is 2. The summed E-state index contributed by atoms with van der Waals surface area (Å²) in [4.78, 5) is 22.5. The van der Waals surface area contributed by atoms with Crippen LogP contribution in [0.1, 0.15) is 52.7 Å². The quantitative estimate of drug-likeness (QED) is 0.552. The third kappa shape index (κ3) is 3.47. The summed E-state index contributed by atoms with van der Waals surface area (Å²) in [6.45, 7) is 7.73. The molecule has 0 unspecified atom stereocenters. The molecule has 6 nitrogen and oxygen atoms in total. The SMILES string of the molecule is Cc1cc2c(cc1C)OC1(C=C2)CCN(C(=O)c2ccc3c(c2)nc(N2CCCC2)n3C)CC1. The highest BCUT2D eigenvalue weighted by atomic mass is 16.5. The molecule has 6 rings (SSSR count). The van der Waals surface area contributed by atoms with Crippen molar-refractivity contribution in [3.05, 3.63) is 58.7 Å². The Balaban J connectivity index is 1.18. The van der Waals surface area contributed by atoms with Crippen molar-refractivity contribution in [3.8, 4) is 5.75 Å². The second-order valence-electron chi connectivity index (χ2n) is 10.1. The number of rotatable bonds is 2. The number of imidazole rings is 1. The molecule has 4 heterocycles. The fourth-order valence-electron chi connectivity index (χ4n) is 5.59. The number of aromatic nitrogens is 2. The van der Waals surface area contributed by atoms with Gasteiger partial charge in [-0.2, -0.15) is 0 Å². The maximum atomic E-state index is 13.4. The smallest absolute Gasteiger partial charge is 0.253 e. The second kappa shape index (κ2) is 7.90. The zero-order valence-corrected chi connectivity index (χ0v) is 20.3. The van der Waals surface area contributed by atoms with Crippen molar-refractivity contribution >= 4 is 29.0 Å². The normalized spacial score (nSPS) is 19.0. The predicted octanol–water partition coefficient (Wildman–Crippen LogP) is 4.87. The first-order valence-electron chi connectivity index (χ1n) is 12.4. The molecule has 1 aromatic heterocycles. The number of amides is 1. The Hall–Kier alpha value is -3.28. The number of hydrogen-bond acceptors (Lipinski definition) is 4. The predicted molar refractivity (Wildman–Crippen MR) is 136 cm³/mol. The van der Waals surface area contributed by atoms with E-state index in [1.54, 1.807) is 0 Å². The Labute approximate surface area is 200 Å². The number of carbonyl (C=O) groups excluding carboxylic acids is 1. The number of carbonyl (C=O) groups is 1. The molecule has 176 valence electrons. The summed E-state index contributed by atoms with van der Waals surface area (Å²) in [6, 6.07) is 10.3. The van der Waals surface area contributed by atoms with E-state index in [9.17, 15) is 4.79 Å². The minimum Gasteiger partial charge on any atom is -0.482 e. The maximum absolute atomic E-state index is 13.4. The zero-order chi connectivity index (χ0) is 23.4. The maximum Gasteiger partial charge on any atom is 0.253 e. The van der Waals surface area contributed by atoms with Crippen LogP contribution in [0.4, 0.5) is 5.95 Å².